The molecule has 0 aromatic heterocycles. The third kappa shape index (κ3) is 5.99. The quantitative estimate of drug-likeness (QED) is 0.721. The van der Waals surface area contributed by atoms with Gasteiger partial charge < -0.3 is 20.1 Å². The van der Waals surface area contributed by atoms with Crippen LogP contribution in [0.3, 0.4) is 0 Å². The monoisotopic (exact) mass is 346 g/mol. The second-order valence-electron chi connectivity index (χ2n) is 5.53. The van der Waals surface area contributed by atoms with Gasteiger partial charge in [0.1, 0.15) is 5.82 Å². The van der Waals surface area contributed by atoms with E-state index in [9.17, 15) is 9.18 Å². The van der Waals surface area contributed by atoms with E-state index in [2.05, 4.69) is 10.6 Å². The largest absolute Gasteiger partial charge is 0.493 e. The molecule has 0 atom stereocenters. The highest BCUT2D eigenvalue weighted by molar-refractivity contribution is 5.73. The maximum Gasteiger partial charge on any atom is 0.315 e. The van der Waals surface area contributed by atoms with Gasteiger partial charge in [-0.25, -0.2) is 9.18 Å². The third-order valence-corrected chi connectivity index (χ3v) is 3.72. The first kappa shape index (κ1) is 18.6. The van der Waals surface area contributed by atoms with Crippen molar-refractivity contribution in [2.75, 3.05) is 20.8 Å². The summed E-state index contributed by atoms with van der Waals surface area (Å²) in [6, 6.07) is 11.7. The molecule has 0 heterocycles. The van der Waals surface area contributed by atoms with Crippen LogP contribution in [0, 0.1) is 5.82 Å². The molecule has 6 heteroatoms. The summed E-state index contributed by atoms with van der Waals surface area (Å²) in [5.41, 5.74) is 1.83. The van der Waals surface area contributed by atoms with Crippen LogP contribution in [0.15, 0.2) is 42.5 Å². The average molecular weight is 346 g/mol. The molecule has 0 spiro atoms. The fourth-order valence-electron chi connectivity index (χ4n) is 2.42. The zero-order valence-corrected chi connectivity index (χ0v) is 14.5. The molecule has 0 fully saturated rings. The summed E-state index contributed by atoms with van der Waals surface area (Å²) in [5, 5.41) is 5.58. The Morgan fingerprint density at radius 3 is 2.52 bits per heavy atom. The molecule has 0 aliphatic heterocycles. The lowest BCUT2D eigenvalue weighted by atomic mass is 10.1. The van der Waals surface area contributed by atoms with Crippen molar-refractivity contribution in [1.82, 2.24) is 10.6 Å². The van der Waals surface area contributed by atoms with Gasteiger partial charge in [0.05, 0.1) is 14.2 Å². The Hall–Kier alpha value is -2.76. The lowest BCUT2D eigenvalue weighted by Gasteiger charge is -2.11. The highest BCUT2D eigenvalue weighted by atomic mass is 19.1. The molecule has 0 aliphatic carbocycles. The number of halogens is 1. The van der Waals surface area contributed by atoms with Crippen molar-refractivity contribution in [1.29, 1.82) is 0 Å². The molecule has 2 rings (SSSR count). The van der Waals surface area contributed by atoms with Gasteiger partial charge in [-0.1, -0.05) is 18.2 Å². The number of carbonyl (C=O) groups excluding carboxylic acids is 1. The summed E-state index contributed by atoms with van der Waals surface area (Å²) < 4.78 is 23.5. The maximum atomic E-state index is 13.1. The third-order valence-electron chi connectivity index (χ3n) is 3.72. The van der Waals surface area contributed by atoms with Crippen molar-refractivity contribution < 1.29 is 18.7 Å². The summed E-state index contributed by atoms with van der Waals surface area (Å²) in [7, 11) is 3.15. The lowest BCUT2D eigenvalue weighted by Crippen LogP contribution is -2.35. The maximum absolute atomic E-state index is 13.1. The topological polar surface area (TPSA) is 59.6 Å². The molecule has 2 amide bonds. The summed E-state index contributed by atoms with van der Waals surface area (Å²) in [6.07, 6.45) is 1.46. The fourth-order valence-corrected chi connectivity index (χ4v) is 2.42. The average Bonchev–Trinajstić information content (AvgIpc) is 2.63. The number of rotatable bonds is 8. The zero-order valence-electron chi connectivity index (χ0n) is 14.5. The van der Waals surface area contributed by atoms with Crippen molar-refractivity contribution in [3.05, 3.63) is 59.4 Å². The molecule has 0 aliphatic rings. The van der Waals surface area contributed by atoms with Gasteiger partial charge in [0.25, 0.3) is 0 Å². The summed E-state index contributed by atoms with van der Waals surface area (Å²) in [5.74, 6) is 1.03. The standard InChI is InChI=1S/C19H23FN2O3/c1-24-17-9-8-15(12-18(17)25-2)13-22-19(23)21-10-4-6-14-5-3-7-16(20)11-14/h3,5,7-9,11-12H,4,6,10,13H2,1-2H3,(H2,21,22,23). The first-order valence-corrected chi connectivity index (χ1v) is 8.09. The van der Waals surface area contributed by atoms with Crippen molar-refractivity contribution >= 4 is 6.03 Å². The number of carbonyl (C=O) groups is 1. The van der Waals surface area contributed by atoms with Crippen LogP contribution in [0.2, 0.25) is 0 Å². The number of ether oxygens (including phenoxy) is 2. The number of methoxy groups -OCH3 is 2. The molecule has 0 saturated heterocycles. The van der Waals surface area contributed by atoms with Crippen molar-refractivity contribution in [3.63, 3.8) is 0 Å². The van der Waals surface area contributed by atoms with Gasteiger partial charge in [-0.05, 0) is 48.2 Å². The Labute approximate surface area is 147 Å². The van der Waals surface area contributed by atoms with Crippen LogP contribution in [-0.4, -0.2) is 26.8 Å². The number of hydrogen-bond donors (Lipinski definition) is 2. The molecule has 134 valence electrons. The van der Waals surface area contributed by atoms with E-state index in [4.69, 9.17) is 9.47 Å². The number of amides is 2. The van der Waals surface area contributed by atoms with E-state index in [1.165, 1.54) is 12.1 Å². The van der Waals surface area contributed by atoms with Crippen LogP contribution < -0.4 is 20.1 Å². The van der Waals surface area contributed by atoms with E-state index in [1.54, 1.807) is 26.4 Å². The second-order valence-corrected chi connectivity index (χ2v) is 5.53. The molecule has 0 saturated carbocycles. The molecule has 0 radical (unpaired) electrons. The van der Waals surface area contributed by atoms with Crippen LogP contribution in [0.4, 0.5) is 9.18 Å². The Balaban J connectivity index is 1.70. The van der Waals surface area contributed by atoms with Crippen molar-refractivity contribution in [3.8, 4) is 11.5 Å². The molecule has 25 heavy (non-hydrogen) atoms. The molecular weight excluding hydrogens is 323 g/mol. The minimum atomic E-state index is -0.242. The number of urea groups is 1. The van der Waals surface area contributed by atoms with E-state index in [1.807, 2.05) is 18.2 Å². The van der Waals surface area contributed by atoms with E-state index in [-0.39, 0.29) is 11.8 Å². The van der Waals surface area contributed by atoms with Crippen LogP contribution >= 0.6 is 0 Å². The SMILES string of the molecule is COc1ccc(CNC(=O)NCCCc2cccc(F)c2)cc1OC. The van der Waals surface area contributed by atoms with Crippen LogP contribution in [0.1, 0.15) is 17.5 Å². The molecule has 5 nitrogen and oxygen atoms in total. The molecule has 2 aromatic rings. The first-order chi connectivity index (χ1) is 12.1. The molecule has 0 bridgehead atoms. The van der Waals surface area contributed by atoms with E-state index >= 15 is 0 Å². The van der Waals surface area contributed by atoms with E-state index in [0.717, 1.165) is 17.5 Å². The fraction of sp³-hybridized carbons (Fsp3) is 0.316. The van der Waals surface area contributed by atoms with Crippen LogP contribution in [0.25, 0.3) is 0 Å². The highest BCUT2D eigenvalue weighted by Gasteiger charge is 2.06. The summed E-state index contributed by atoms with van der Waals surface area (Å²) >= 11 is 0. The van der Waals surface area contributed by atoms with Gasteiger partial charge in [0, 0.05) is 13.1 Å². The molecule has 0 unspecified atom stereocenters. The number of aryl methyl sites for hydroxylation is 1. The summed E-state index contributed by atoms with van der Waals surface area (Å²) in [6.45, 7) is 0.907. The number of hydrogen-bond acceptors (Lipinski definition) is 3. The predicted molar refractivity (Wildman–Crippen MR) is 94.5 cm³/mol. The Bertz CT molecular complexity index is 707. The zero-order chi connectivity index (χ0) is 18.1. The lowest BCUT2D eigenvalue weighted by molar-refractivity contribution is 0.240. The van der Waals surface area contributed by atoms with E-state index < -0.39 is 0 Å². The van der Waals surface area contributed by atoms with Gasteiger partial charge in [-0.2, -0.15) is 0 Å². The minimum Gasteiger partial charge on any atom is -0.493 e. The highest BCUT2D eigenvalue weighted by Crippen LogP contribution is 2.27. The minimum absolute atomic E-state index is 0.238. The van der Waals surface area contributed by atoms with Crippen molar-refractivity contribution in [2.24, 2.45) is 0 Å². The molecule has 2 N–H and O–H groups in total. The molecular formula is C19H23FN2O3. The number of nitrogens with one attached hydrogen (secondary N) is 2. The predicted octanol–water partition coefficient (Wildman–Crippen LogP) is 3.27. The smallest absolute Gasteiger partial charge is 0.315 e. The van der Waals surface area contributed by atoms with Gasteiger partial charge in [-0.15, -0.1) is 0 Å². The Morgan fingerprint density at radius 1 is 1.00 bits per heavy atom. The van der Waals surface area contributed by atoms with Gasteiger partial charge in [0.15, 0.2) is 11.5 Å². The van der Waals surface area contributed by atoms with Gasteiger partial charge in [0.2, 0.25) is 0 Å². The number of benzene rings is 2. The van der Waals surface area contributed by atoms with Gasteiger partial charge >= 0.3 is 6.03 Å². The van der Waals surface area contributed by atoms with E-state index in [0.29, 0.717) is 31.0 Å². The first-order valence-electron chi connectivity index (χ1n) is 8.09. The molecule has 2 aromatic carbocycles. The Kier molecular flexibility index (Phi) is 7.07. The van der Waals surface area contributed by atoms with Crippen molar-refractivity contribution in [2.45, 2.75) is 19.4 Å². The normalized spacial score (nSPS) is 10.2. The Morgan fingerprint density at radius 2 is 1.80 bits per heavy atom. The van der Waals surface area contributed by atoms with Crippen LogP contribution in [0.5, 0.6) is 11.5 Å². The van der Waals surface area contributed by atoms with Gasteiger partial charge in [-0.3, -0.25) is 0 Å². The summed E-state index contributed by atoms with van der Waals surface area (Å²) in [4.78, 5) is 11.8. The van der Waals surface area contributed by atoms with Crippen LogP contribution in [-0.2, 0) is 13.0 Å². The second kappa shape index (κ2) is 9.52.